The number of carbonyl (C=O) groups excluding carboxylic acids is 1. The topological polar surface area (TPSA) is 82.6 Å². The summed E-state index contributed by atoms with van der Waals surface area (Å²) in [6.45, 7) is 3.21. The molecule has 2 aromatic rings. The summed E-state index contributed by atoms with van der Waals surface area (Å²) in [6.07, 6.45) is 0. The highest BCUT2D eigenvalue weighted by Crippen LogP contribution is 2.28. The number of aromatic nitrogens is 1. The van der Waals surface area contributed by atoms with Gasteiger partial charge in [0.05, 0.1) is 22.3 Å². The first-order valence-electron chi connectivity index (χ1n) is 8.16. The zero-order valence-electron chi connectivity index (χ0n) is 14.5. The summed E-state index contributed by atoms with van der Waals surface area (Å²) in [4.78, 5) is 18.2. The van der Waals surface area contributed by atoms with E-state index in [9.17, 15) is 13.2 Å². The molecule has 1 aliphatic rings. The van der Waals surface area contributed by atoms with Gasteiger partial charge >= 0.3 is 6.03 Å². The molecule has 1 aliphatic heterocycles. The third-order valence-corrected chi connectivity index (χ3v) is 7.56. The maximum atomic E-state index is 12.8. The van der Waals surface area contributed by atoms with Gasteiger partial charge in [-0.15, -0.1) is 11.3 Å². The van der Waals surface area contributed by atoms with E-state index >= 15 is 0 Å². The summed E-state index contributed by atoms with van der Waals surface area (Å²) in [7, 11) is -3.77. The molecular formula is C16H18Cl2N4O3S2. The van der Waals surface area contributed by atoms with Crippen molar-refractivity contribution in [2.75, 3.05) is 26.2 Å². The second kappa shape index (κ2) is 8.32. The first-order valence-corrected chi connectivity index (χ1v) is 11.2. The van der Waals surface area contributed by atoms with Crippen LogP contribution in [0.5, 0.6) is 0 Å². The Morgan fingerprint density at radius 3 is 2.59 bits per heavy atom. The summed E-state index contributed by atoms with van der Waals surface area (Å²) in [5.41, 5.74) is 0.808. The van der Waals surface area contributed by atoms with Crippen LogP contribution in [0.2, 0.25) is 10.0 Å². The minimum absolute atomic E-state index is 0.0199. The largest absolute Gasteiger partial charge is 0.332 e. The molecule has 3 rings (SSSR count). The summed E-state index contributed by atoms with van der Waals surface area (Å²) in [5, 5.41) is 6.07. The van der Waals surface area contributed by atoms with Gasteiger partial charge in [0.15, 0.2) is 0 Å². The average molecular weight is 449 g/mol. The van der Waals surface area contributed by atoms with Gasteiger partial charge in [0.1, 0.15) is 4.90 Å². The number of nitrogens with zero attached hydrogens (tertiary/aromatic N) is 3. The number of thiazole rings is 1. The van der Waals surface area contributed by atoms with Crippen molar-refractivity contribution in [1.82, 2.24) is 19.5 Å². The zero-order valence-corrected chi connectivity index (χ0v) is 17.6. The van der Waals surface area contributed by atoms with Gasteiger partial charge in [-0.05, 0) is 25.1 Å². The fraction of sp³-hybridized carbons (Fsp3) is 0.375. The number of aryl methyl sites for hydroxylation is 1. The molecule has 1 fully saturated rings. The van der Waals surface area contributed by atoms with E-state index in [0.29, 0.717) is 24.7 Å². The van der Waals surface area contributed by atoms with Crippen LogP contribution in [0.1, 0.15) is 10.7 Å². The Hall–Kier alpha value is -1.39. The monoisotopic (exact) mass is 448 g/mol. The maximum Gasteiger partial charge on any atom is 0.317 e. The quantitative estimate of drug-likeness (QED) is 0.778. The Kier molecular flexibility index (Phi) is 6.27. The van der Waals surface area contributed by atoms with Gasteiger partial charge < -0.3 is 10.2 Å². The van der Waals surface area contributed by atoms with Crippen molar-refractivity contribution in [3.8, 4) is 0 Å². The Labute approximate surface area is 171 Å². The van der Waals surface area contributed by atoms with Gasteiger partial charge in [0.2, 0.25) is 10.0 Å². The minimum Gasteiger partial charge on any atom is -0.332 e. The van der Waals surface area contributed by atoms with Gasteiger partial charge in [-0.25, -0.2) is 18.2 Å². The SMILES string of the molecule is Cc1nc(CNC(=O)N2CCN(S(=O)(=O)c3cc(Cl)ccc3Cl)CC2)cs1. The summed E-state index contributed by atoms with van der Waals surface area (Å²) in [6, 6.07) is 4.10. The highest BCUT2D eigenvalue weighted by molar-refractivity contribution is 7.89. The van der Waals surface area contributed by atoms with E-state index in [0.717, 1.165) is 10.7 Å². The number of carbonyl (C=O) groups is 1. The third kappa shape index (κ3) is 4.72. The van der Waals surface area contributed by atoms with E-state index in [-0.39, 0.29) is 29.0 Å². The van der Waals surface area contributed by atoms with Crippen LogP contribution in [0.3, 0.4) is 0 Å². The molecule has 1 saturated heterocycles. The number of piperazine rings is 1. The molecular weight excluding hydrogens is 431 g/mol. The molecule has 2 amide bonds. The van der Waals surface area contributed by atoms with Gasteiger partial charge in [-0.2, -0.15) is 4.31 Å². The molecule has 1 N–H and O–H groups in total. The average Bonchev–Trinajstić information content (AvgIpc) is 3.07. The lowest BCUT2D eigenvalue weighted by molar-refractivity contribution is 0.172. The smallest absolute Gasteiger partial charge is 0.317 e. The molecule has 0 bridgehead atoms. The lowest BCUT2D eigenvalue weighted by atomic mass is 10.4. The normalized spacial score (nSPS) is 15.7. The van der Waals surface area contributed by atoms with E-state index in [1.807, 2.05) is 12.3 Å². The summed E-state index contributed by atoms with van der Waals surface area (Å²) in [5.74, 6) is 0. The molecule has 0 unspecified atom stereocenters. The van der Waals surface area contributed by atoms with Crippen LogP contribution < -0.4 is 5.32 Å². The van der Waals surface area contributed by atoms with E-state index in [2.05, 4.69) is 10.3 Å². The molecule has 146 valence electrons. The maximum absolute atomic E-state index is 12.8. The first-order chi connectivity index (χ1) is 12.8. The van der Waals surface area contributed by atoms with Crippen molar-refractivity contribution < 1.29 is 13.2 Å². The Balaban J connectivity index is 1.59. The van der Waals surface area contributed by atoms with Gasteiger partial charge in [-0.3, -0.25) is 0 Å². The molecule has 0 atom stereocenters. The number of hydrogen-bond acceptors (Lipinski definition) is 5. The zero-order chi connectivity index (χ0) is 19.6. The van der Waals surface area contributed by atoms with Crippen LogP contribution in [0.4, 0.5) is 4.79 Å². The van der Waals surface area contributed by atoms with Crippen LogP contribution in [0.25, 0.3) is 0 Å². The van der Waals surface area contributed by atoms with Crippen molar-refractivity contribution in [3.63, 3.8) is 0 Å². The van der Waals surface area contributed by atoms with Crippen molar-refractivity contribution >= 4 is 50.6 Å². The predicted molar refractivity (Wildman–Crippen MR) is 106 cm³/mol. The van der Waals surface area contributed by atoms with Crippen LogP contribution in [0, 0.1) is 6.92 Å². The number of rotatable bonds is 4. The lowest BCUT2D eigenvalue weighted by Gasteiger charge is -2.34. The molecule has 11 heteroatoms. The Morgan fingerprint density at radius 2 is 1.96 bits per heavy atom. The van der Waals surface area contributed by atoms with Crippen molar-refractivity contribution in [2.24, 2.45) is 0 Å². The van der Waals surface area contributed by atoms with Gasteiger partial charge in [0.25, 0.3) is 0 Å². The number of amides is 2. The molecule has 1 aromatic heterocycles. The van der Waals surface area contributed by atoms with E-state index in [1.54, 1.807) is 4.90 Å². The van der Waals surface area contributed by atoms with Gasteiger partial charge in [0, 0.05) is 36.6 Å². The number of nitrogens with one attached hydrogen (secondary N) is 1. The molecule has 0 aliphatic carbocycles. The van der Waals surface area contributed by atoms with Crippen molar-refractivity contribution in [2.45, 2.75) is 18.4 Å². The van der Waals surface area contributed by atoms with Crippen LogP contribution >= 0.6 is 34.5 Å². The number of urea groups is 1. The van der Waals surface area contributed by atoms with E-state index < -0.39 is 10.0 Å². The van der Waals surface area contributed by atoms with Crippen LogP contribution in [-0.2, 0) is 16.6 Å². The van der Waals surface area contributed by atoms with Crippen molar-refractivity contribution in [1.29, 1.82) is 0 Å². The molecule has 7 nitrogen and oxygen atoms in total. The second-order valence-corrected chi connectivity index (χ2v) is 9.79. The summed E-state index contributed by atoms with van der Waals surface area (Å²) < 4.78 is 26.9. The minimum atomic E-state index is -3.77. The standard InChI is InChI=1S/C16H18Cl2N4O3S2/c1-11-20-13(10-26-11)9-19-16(23)21-4-6-22(7-5-21)27(24,25)15-8-12(17)2-3-14(15)18/h2-3,8,10H,4-7,9H2,1H3,(H,19,23). The van der Waals surface area contributed by atoms with Crippen LogP contribution in [-0.4, -0.2) is 54.8 Å². The summed E-state index contributed by atoms with van der Waals surface area (Å²) >= 11 is 13.5. The molecule has 27 heavy (non-hydrogen) atoms. The fourth-order valence-corrected chi connectivity index (χ4v) is 5.48. The molecule has 0 saturated carbocycles. The Morgan fingerprint density at radius 1 is 1.26 bits per heavy atom. The number of hydrogen-bond donors (Lipinski definition) is 1. The molecule has 0 spiro atoms. The number of sulfonamides is 1. The first kappa shape index (κ1) is 20.3. The number of benzene rings is 1. The third-order valence-electron chi connectivity index (χ3n) is 4.12. The predicted octanol–water partition coefficient (Wildman–Crippen LogP) is 2.97. The van der Waals surface area contributed by atoms with Crippen molar-refractivity contribution in [3.05, 3.63) is 44.3 Å². The highest BCUT2D eigenvalue weighted by atomic mass is 35.5. The highest BCUT2D eigenvalue weighted by Gasteiger charge is 2.31. The fourth-order valence-electron chi connectivity index (χ4n) is 2.71. The van der Waals surface area contributed by atoms with Gasteiger partial charge in [-0.1, -0.05) is 23.2 Å². The molecule has 0 radical (unpaired) electrons. The lowest BCUT2D eigenvalue weighted by Crippen LogP contribution is -2.53. The Bertz CT molecular complexity index is 941. The van der Waals surface area contributed by atoms with E-state index in [1.165, 1.54) is 33.8 Å². The van der Waals surface area contributed by atoms with E-state index in [4.69, 9.17) is 23.2 Å². The number of halogens is 2. The van der Waals surface area contributed by atoms with Crippen LogP contribution in [0.15, 0.2) is 28.5 Å². The molecule has 1 aromatic carbocycles. The second-order valence-electron chi connectivity index (χ2n) is 5.98. The molecule has 2 heterocycles.